The van der Waals surface area contributed by atoms with Crippen LogP contribution in [0.5, 0.6) is 0 Å². The van der Waals surface area contributed by atoms with Gasteiger partial charge in [-0.1, -0.05) is 18.6 Å². The summed E-state index contributed by atoms with van der Waals surface area (Å²) in [6.07, 6.45) is 5.39. The van der Waals surface area contributed by atoms with Crippen LogP contribution in [0.25, 0.3) is 0 Å². The summed E-state index contributed by atoms with van der Waals surface area (Å²) in [7, 11) is 0. The van der Waals surface area contributed by atoms with Gasteiger partial charge in [0.25, 0.3) is 0 Å². The second-order valence-electron chi connectivity index (χ2n) is 4.88. The number of hydrogen-bond acceptors (Lipinski definition) is 2. The van der Waals surface area contributed by atoms with Crippen LogP contribution in [0.3, 0.4) is 0 Å². The first-order valence-corrected chi connectivity index (χ1v) is 6.93. The molecule has 1 fully saturated rings. The van der Waals surface area contributed by atoms with Gasteiger partial charge in [0.2, 0.25) is 0 Å². The van der Waals surface area contributed by atoms with Crippen molar-refractivity contribution in [2.75, 3.05) is 31.5 Å². The molecule has 1 aliphatic rings. The lowest BCUT2D eigenvalue weighted by molar-refractivity contribution is 0.231. The topological polar surface area (TPSA) is 15.3 Å². The molecule has 1 aliphatic heterocycles. The van der Waals surface area contributed by atoms with E-state index in [1.54, 1.807) is 0 Å². The molecule has 94 valence electrons. The molecule has 1 N–H and O–H groups in total. The first-order valence-electron chi connectivity index (χ1n) is 6.93. The molecule has 1 heterocycles. The van der Waals surface area contributed by atoms with E-state index in [9.17, 15) is 0 Å². The van der Waals surface area contributed by atoms with Gasteiger partial charge in [-0.2, -0.15) is 0 Å². The molecule has 0 aromatic heterocycles. The molecule has 2 heteroatoms. The van der Waals surface area contributed by atoms with Gasteiger partial charge >= 0.3 is 0 Å². The molecule has 2 nitrogen and oxygen atoms in total. The molecule has 1 aromatic rings. The average molecular weight is 232 g/mol. The maximum absolute atomic E-state index is 3.33. The summed E-state index contributed by atoms with van der Waals surface area (Å²) in [5.41, 5.74) is 2.69. The quantitative estimate of drug-likeness (QED) is 0.839. The van der Waals surface area contributed by atoms with Crippen LogP contribution in [0.4, 0.5) is 5.69 Å². The highest BCUT2D eigenvalue weighted by atomic mass is 15.1. The predicted molar refractivity (Wildman–Crippen MR) is 74.6 cm³/mol. The minimum absolute atomic E-state index is 0.993. The van der Waals surface area contributed by atoms with Crippen LogP contribution in [0.2, 0.25) is 0 Å². The average Bonchev–Trinajstić information content (AvgIpc) is 2.40. The Labute approximate surface area is 105 Å². The summed E-state index contributed by atoms with van der Waals surface area (Å²) in [5.74, 6) is 0. The van der Waals surface area contributed by atoms with E-state index >= 15 is 0 Å². The predicted octanol–water partition coefficient (Wildman–Crippen LogP) is 3.15. The van der Waals surface area contributed by atoms with Gasteiger partial charge in [0, 0.05) is 18.8 Å². The highest BCUT2D eigenvalue weighted by Crippen LogP contribution is 2.12. The number of nitrogens with one attached hydrogen (secondary N) is 1. The van der Waals surface area contributed by atoms with E-state index in [1.807, 2.05) is 0 Å². The van der Waals surface area contributed by atoms with E-state index in [-0.39, 0.29) is 0 Å². The van der Waals surface area contributed by atoms with Crippen molar-refractivity contribution in [3.63, 3.8) is 0 Å². The van der Waals surface area contributed by atoms with Crippen LogP contribution in [-0.2, 0) is 6.42 Å². The van der Waals surface area contributed by atoms with Crippen molar-refractivity contribution >= 4 is 5.69 Å². The van der Waals surface area contributed by atoms with E-state index in [0.29, 0.717) is 0 Å². The van der Waals surface area contributed by atoms with Gasteiger partial charge in [-0.15, -0.1) is 0 Å². The SMILES string of the molecule is CCNc1ccc(CCN2CCCCC2)cc1. The van der Waals surface area contributed by atoms with Crippen molar-refractivity contribution < 1.29 is 0 Å². The lowest BCUT2D eigenvalue weighted by atomic mass is 10.1. The molecular formula is C15H24N2. The zero-order chi connectivity index (χ0) is 11.9. The first kappa shape index (κ1) is 12.4. The molecule has 0 radical (unpaired) electrons. The fourth-order valence-electron chi connectivity index (χ4n) is 2.46. The Morgan fingerprint density at radius 1 is 1.06 bits per heavy atom. The fourth-order valence-corrected chi connectivity index (χ4v) is 2.46. The summed E-state index contributed by atoms with van der Waals surface area (Å²) in [6.45, 7) is 6.95. The van der Waals surface area contributed by atoms with Crippen LogP contribution >= 0.6 is 0 Å². The molecule has 0 aliphatic carbocycles. The third kappa shape index (κ3) is 4.04. The third-order valence-corrected chi connectivity index (χ3v) is 3.50. The minimum atomic E-state index is 0.993. The Hall–Kier alpha value is -1.02. The van der Waals surface area contributed by atoms with E-state index in [0.717, 1.165) is 6.54 Å². The fraction of sp³-hybridized carbons (Fsp3) is 0.600. The lowest BCUT2D eigenvalue weighted by Crippen LogP contribution is -2.31. The van der Waals surface area contributed by atoms with Gasteiger partial charge in [-0.25, -0.2) is 0 Å². The van der Waals surface area contributed by atoms with E-state index in [1.165, 1.54) is 56.6 Å². The molecule has 0 saturated carbocycles. The Bertz CT molecular complexity index is 312. The van der Waals surface area contributed by atoms with Gasteiger partial charge in [0.1, 0.15) is 0 Å². The molecule has 2 rings (SSSR count). The number of benzene rings is 1. The highest BCUT2D eigenvalue weighted by Gasteiger charge is 2.09. The van der Waals surface area contributed by atoms with Gasteiger partial charge in [0.05, 0.1) is 0 Å². The second kappa shape index (κ2) is 6.65. The Kier molecular flexibility index (Phi) is 4.87. The van der Waals surface area contributed by atoms with Crippen molar-refractivity contribution in [2.45, 2.75) is 32.6 Å². The molecular weight excluding hydrogens is 208 g/mol. The Balaban J connectivity index is 1.77. The lowest BCUT2D eigenvalue weighted by Gasteiger charge is -2.26. The van der Waals surface area contributed by atoms with E-state index in [2.05, 4.69) is 41.4 Å². The standard InChI is InChI=1S/C15H24N2/c1-2-16-15-8-6-14(7-9-15)10-13-17-11-4-3-5-12-17/h6-9,16H,2-5,10-13H2,1H3. The van der Waals surface area contributed by atoms with Crippen LogP contribution < -0.4 is 5.32 Å². The Morgan fingerprint density at radius 3 is 2.41 bits per heavy atom. The number of rotatable bonds is 5. The van der Waals surface area contributed by atoms with Gasteiger partial charge in [0.15, 0.2) is 0 Å². The zero-order valence-corrected chi connectivity index (χ0v) is 10.9. The molecule has 0 spiro atoms. The van der Waals surface area contributed by atoms with Crippen molar-refractivity contribution in [3.05, 3.63) is 29.8 Å². The highest BCUT2D eigenvalue weighted by molar-refractivity contribution is 5.44. The summed E-state index contributed by atoms with van der Waals surface area (Å²) in [5, 5.41) is 3.33. The van der Waals surface area contributed by atoms with Crippen molar-refractivity contribution in [2.24, 2.45) is 0 Å². The van der Waals surface area contributed by atoms with Crippen molar-refractivity contribution in [3.8, 4) is 0 Å². The number of anilines is 1. The minimum Gasteiger partial charge on any atom is -0.385 e. The van der Waals surface area contributed by atoms with Crippen molar-refractivity contribution in [1.29, 1.82) is 0 Å². The summed E-state index contributed by atoms with van der Waals surface area (Å²) in [6, 6.07) is 8.88. The smallest absolute Gasteiger partial charge is 0.0340 e. The second-order valence-corrected chi connectivity index (χ2v) is 4.88. The number of piperidine rings is 1. The molecule has 0 unspecified atom stereocenters. The van der Waals surface area contributed by atoms with Crippen LogP contribution in [0.15, 0.2) is 24.3 Å². The first-order chi connectivity index (χ1) is 8.38. The number of nitrogens with zero attached hydrogens (tertiary/aromatic N) is 1. The summed E-state index contributed by atoms with van der Waals surface area (Å²) >= 11 is 0. The van der Waals surface area contributed by atoms with Gasteiger partial charge in [-0.3, -0.25) is 0 Å². The largest absolute Gasteiger partial charge is 0.385 e. The Morgan fingerprint density at radius 2 is 1.76 bits per heavy atom. The maximum atomic E-state index is 3.33. The van der Waals surface area contributed by atoms with E-state index in [4.69, 9.17) is 0 Å². The molecule has 0 atom stereocenters. The molecule has 1 aromatic carbocycles. The summed E-state index contributed by atoms with van der Waals surface area (Å²) < 4.78 is 0. The van der Waals surface area contributed by atoms with Crippen LogP contribution in [-0.4, -0.2) is 31.1 Å². The number of likely N-dealkylation sites (tertiary alicyclic amines) is 1. The maximum Gasteiger partial charge on any atom is 0.0340 e. The van der Waals surface area contributed by atoms with Crippen LogP contribution in [0, 0.1) is 0 Å². The zero-order valence-electron chi connectivity index (χ0n) is 10.9. The van der Waals surface area contributed by atoms with Gasteiger partial charge in [-0.05, 0) is 57.0 Å². The van der Waals surface area contributed by atoms with Gasteiger partial charge < -0.3 is 10.2 Å². The monoisotopic (exact) mass is 232 g/mol. The van der Waals surface area contributed by atoms with Crippen molar-refractivity contribution in [1.82, 2.24) is 4.90 Å². The number of hydrogen-bond donors (Lipinski definition) is 1. The molecule has 0 bridgehead atoms. The molecule has 17 heavy (non-hydrogen) atoms. The molecule has 1 saturated heterocycles. The molecule has 0 amide bonds. The van der Waals surface area contributed by atoms with E-state index < -0.39 is 0 Å². The normalized spacial score (nSPS) is 17.0. The van der Waals surface area contributed by atoms with Crippen LogP contribution in [0.1, 0.15) is 31.7 Å². The summed E-state index contributed by atoms with van der Waals surface area (Å²) in [4.78, 5) is 2.60. The third-order valence-electron chi connectivity index (χ3n) is 3.50.